The summed E-state index contributed by atoms with van der Waals surface area (Å²) in [6.07, 6.45) is 4.18. The van der Waals surface area contributed by atoms with Crippen LogP contribution in [0.5, 0.6) is 0 Å². The van der Waals surface area contributed by atoms with Crippen molar-refractivity contribution >= 4 is 18.1 Å². The van der Waals surface area contributed by atoms with Gasteiger partial charge >= 0.3 is 0 Å². The highest BCUT2D eigenvalue weighted by Crippen LogP contribution is 1.72. The van der Waals surface area contributed by atoms with Gasteiger partial charge in [0, 0.05) is 6.20 Å². The van der Waals surface area contributed by atoms with E-state index >= 15 is 0 Å². The summed E-state index contributed by atoms with van der Waals surface area (Å²) in [6.45, 7) is 0. The van der Waals surface area contributed by atoms with Gasteiger partial charge < -0.3 is 22.9 Å². The predicted octanol–water partition coefficient (Wildman–Crippen LogP) is -1.97. The summed E-state index contributed by atoms with van der Waals surface area (Å²) < 4.78 is 0. The number of allylic oxidation sites excluding steroid dienone is 1. The molecule has 0 aromatic heterocycles. The van der Waals surface area contributed by atoms with Crippen LogP contribution >= 0.6 is 0 Å². The van der Waals surface area contributed by atoms with E-state index in [1.54, 1.807) is 0 Å². The molecule has 0 atom stereocenters. The lowest BCUT2D eigenvalue weighted by molar-refractivity contribution is 1.22. The van der Waals surface area contributed by atoms with Crippen LogP contribution in [-0.2, 0) is 0 Å². The third-order valence-electron chi connectivity index (χ3n) is 0.636. The smallest absolute Gasteiger partial charge is 0.211 e. The topological polar surface area (TPSA) is 141 Å². The first kappa shape index (κ1) is 9.95. The van der Waals surface area contributed by atoms with Crippen LogP contribution in [0.15, 0.2) is 27.5 Å². The van der Waals surface area contributed by atoms with E-state index in [4.69, 9.17) is 22.9 Å². The number of nitrogens with zero attached hydrogens (tertiary/aromatic N) is 3. The summed E-state index contributed by atoms with van der Waals surface area (Å²) in [7, 11) is 0. The maximum atomic E-state index is 5.02. The van der Waals surface area contributed by atoms with Crippen LogP contribution in [0.2, 0.25) is 0 Å². The molecule has 8 N–H and O–H groups in total. The molecule has 0 heterocycles. The summed E-state index contributed by atoms with van der Waals surface area (Å²) >= 11 is 0. The van der Waals surface area contributed by atoms with Crippen molar-refractivity contribution in [1.82, 2.24) is 0 Å². The summed E-state index contributed by atoms with van der Waals surface area (Å²) in [5.74, 6) is -0.136. The van der Waals surface area contributed by atoms with Crippen molar-refractivity contribution in [3.63, 3.8) is 0 Å². The molecule has 7 heteroatoms. The molecule has 0 aliphatic carbocycles. The molecule has 0 spiro atoms. The van der Waals surface area contributed by atoms with E-state index in [0.717, 1.165) is 0 Å². The van der Waals surface area contributed by atoms with Crippen LogP contribution < -0.4 is 22.9 Å². The van der Waals surface area contributed by atoms with Gasteiger partial charge in [0.05, 0.1) is 6.21 Å². The Bertz CT molecular complexity index is 202. The van der Waals surface area contributed by atoms with E-state index in [0.29, 0.717) is 0 Å². The van der Waals surface area contributed by atoms with Crippen LogP contribution in [0.3, 0.4) is 0 Å². The first-order valence-corrected chi connectivity index (χ1v) is 2.98. The molecule has 0 amide bonds. The fourth-order valence-corrected chi connectivity index (χ4v) is 0.306. The molecule has 0 rings (SSSR count). The zero-order valence-corrected chi connectivity index (χ0v) is 6.38. The Morgan fingerprint density at radius 3 is 2.17 bits per heavy atom. The average Bonchev–Trinajstić information content (AvgIpc) is 1.95. The van der Waals surface area contributed by atoms with Gasteiger partial charge in [-0.1, -0.05) is 0 Å². The molecule has 0 aromatic carbocycles. The SMILES string of the molecule is NC(N)=N/C=C/C=N/N=C(N)N. The Hall–Kier alpha value is -2.05. The summed E-state index contributed by atoms with van der Waals surface area (Å²) in [5.41, 5.74) is 20.0. The molecule has 0 saturated carbocycles. The maximum absolute atomic E-state index is 5.02. The second-order valence-corrected chi connectivity index (χ2v) is 1.68. The normalized spacial score (nSPS) is 10.3. The summed E-state index contributed by atoms with van der Waals surface area (Å²) in [6, 6.07) is 0. The Morgan fingerprint density at radius 2 is 1.67 bits per heavy atom. The Balaban J connectivity index is 3.83. The van der Waals surface area contributed by atoms with E-state index in [9.17, 15) is 0 Å². The molecule has 7 nitrogen and oxygen atoms in total. The molecule has 66 valence electrons. The number of nitrogens with two attached hydrogens (primary N) is 4. The van der Waals surface area contributed by atoms with E-state index in [2.05, 4.69) is 15.2 Å². The van der Waals surface area contributed by atoms with Gasteiger partial charge in [-0.05, 0) is 6.08 Å². The highest BCUT2D eigenvalue weighted by Gasteiger charge is 1.72. The van der Waals surface area contributed by atoms with Crippen LogP contribution in [0.25, 0.3) is 0 Å². The average molecular weight is 169 g/mol. The largest absolute Gasteiger partial charge is 0.370 e. The lowest BCUT2D eigenvalue weighted by Crippen LogP contribution is -2.21. The molecule has 0 aromatic rings. The van der Waals surface area contributed by atoms with Gasteiger partial charge in [0.2, 0.25) is 5.96 Å². The summed E-state index contributed by atoms with van der Waals surface area (Å²) in [4.78, 5) is 3.53. The van der Waals surface area contributed by atoms with Gasteiger partial charge in [-0.25, -0.2) is 4.99 Å². The number of rotatable bonds is 3. The van der Waals surface area contributed by atoms with E-state index in [-0.39, 0.29) is 11.9 Å². The fourth-order valence-electron chi connectivity index (χ4n) is 0.306. The number of hydrogen-bond donors (Lipinski definition) is 4. The second kappa shape index (κ2) is 5.71. The van der Waals surface area contributed by atoms with Gasteiger partial charge in [-0.2, -0.15) is 5.10 Å². The van der Waals surface area contributed by atoms with Crippen molar-refractivity contribution in [3.05, 3.63) is 12.3 Å². The minimum absolute atomic E-state index is 0.0264. The lowest BCUT2D eigenvalue weighted by Gasteiger charge is -1.82. The number of aliphatic imine (C=N–C) groups is 1. The Labute approximate surface area is 69.5 Å². The van der Waals surface area contributed by atoms with Gasteiger partial charge in [0.25, 0.3) is 0 Å². The zero-order valence-electron chi connectivity index (χ0n) is 6.38. The van der Waals surface area contributed by atoms with E-state index in [1.165, 1.54) is 18.5 Å². The standard InChI is InChI=1S/C5H11N7/c6-4(7)10-2-1-3-11-12-5(8)9/h1-3H,(H4,6,7,10)(H4,8,9,12)/b2-1+,11-3+. The highest BCUT2D eigenvalue weighted by atomic mass is 15.3. The third kappa shape index (κ3) is 7.95. The van der Waals surface area contributed by atoms with Crippen molar-refractivity contribution in [1.29, 1.82) is 0 Å². The molecule has 12 heavy (non-hydrogen) atoms. The van der Waals surface area contributed by atoms with Crippen molar-refractivity contribution in [2.75, 3.05) is 0 Å². The fraction of sp³-hybridized carbons (Fsp3) is 0. The molecule has 0 saturated heterocycles. The van der Waals surface area contributed by atoms with Crippen molar-refractivity contribution in [2.24, 2.45) is 38.1 Å². The maximum Gasteiger partial charge on any atom is 0.211 e. The van der Waals surface area contributed by atoms with Crippen LogP contribution in [0.4, 0.5) is 0 Å². The molecular weight excluding hydrogens is 158 g/mol. The second-order valence-electron chi connectivity index (χ2n) is 1.68. The van der Waals surface area contributed by atoms with Gasteiger partial charge in [0.1, 0.15) is 0 Å². The predicted molar refractivity (Wildman–Crippen MR) is 49.3 cm³/mol. The van der Waals surface area contributed by atoms with Crippen LogP contribution in [0.1, 0.15) is 0 Å². The van der Waals surface area contributed by atoms with Crippen molar-refractivity contribution < 1.29 is 0 Å². The Morgan fingerprint density at radius 1 is 1.00 bits per heavy atom. The zero-order chi connectivity index (χ0) is 9.40. The van der Waals surface area contributed by atoms with Crippen LogP contribution in [-0.4, -0.2) is 18.1 Å². The molecule has 0 fully saturated rings. The monoisotopic (exact) mass is 169 g/mol. The quantitative estimate of drug-likeness (QED) is 0.221. The first-order valence-electron chi connectivity index (χ1n) is 2.98. The highest BCUT2D eigenvalue weighted by molar-refractivity contribution is 5.78. The number of hydrogen-bond acceptors (Lipinski definition) is 3. The third-order valence-corrected chi connectivity index (χ3v) is 0.636. The molecule has 0 bridgehead atoms. The Kier molecular flexibility index (Phi) is 4.74. The van der Waals surface area contributed by atoms with E-state index < -0.39 is 0 Å². The van der Waals surface area contributed by atoms with Crippen molar-refractivity contribution in [2.45, 2.75) is 0 Å². The minimum atomic E-state index is -0.110. The summed E-state index contributed by atoms with van der Waals surface area (Å²) in [5, 5.41) is 6.76. The first-order chi connectivity index (χ1) is 5.63. The molecule has 0 aliphatic rings. The van der Waals surface area contributed by atoms with Gasteiger partial charge in [-0.3, -0.25) is 0 Å². The van der Waals surface area contributed by atoms with Crippen LogP contribution in [0, 0.1) is 0 Å². The van der Waals surface area contributed by atoms with Gasteiger partial charge in [0.15, 0.2) is 5.96 Å². The molecular formula is C5H11N7. The lowest BCUT2D eigenvalue weighted by atomic mass is 10.7. The molecule has 0 radical (unpaired) electrons. The minimum Gasteiger partial charge on any atom is -0.370 e. The number of guanidine groups is 2. The van der Waals surface area contributed by atoms with E-state index in [1.807, 2.05) is 0 Å². The van der Waals surface area contributed by atoms with Crippen molar-refractivity contribution in [3.8, 4) is 0 Å². The molecule has 0 unspecified atom stereocenters. The molecule has 0 aliphatic heterocycles. The van der Waals surface area contributed by atoms with Gasteiger partial charge in [-0.15, -0.1) is 5.10 Å².